The number of hydrogen-bond donors (Lipinski definition) is 0. The lowest BCUT2D eigenvalue weighted by molar-refractivity contribution is -0.0732. The molecule has 3 heterocycles. The average molecular weight is 571 g/mol. The van der Waals surface area contributed by atoms with Gasteiger partial charge in [-0.1, -0.05) is 11.6 Å². The van der Waals surface area contributed by atoms with Crippen LogP contribution >= 0.6 is 11.6 Å². The molecule has 2 aliphatic heterocycles. The minimum atomic E-state index is -4.39. The van der Waals surface area contributed by atoms with E-state index in [0.29, 0.717) is 5.02 Å². The smallest absolute Gasteiger partial charge is 0.197 e. The molecule has 3 aromatic rings. The molecule has 196 valence electrons. The van der Waals surface area contributed by atoms with Crippen LogP contribution in [0.4, 0.5) is 8.78 Å². The monoisotopic (exact) mass is 570 g/mol. The van der Waals surface area contributed by atoms with Crippen LogP contribution in [0.1, 0.15) is 18.4 Å². The SMILES string of the molecule is O=S(=O)(CC[C@@H]1OCCC2(S(=O)(=O)c3ccc(Cl)cc3)c3c(F)ccc(F)c3OCC12)c1cnccn1. The lowest BCUT2D eigenvalue weighted by Crippen LogP contribution is -2.57. The van der Waals surface area contributed by atoms with Crippen molar-refractivity contribution in [3.05, 3.63) is 77.2 Å². The molecule has 0 aliphatic carbocycles. The molecule has 0 saturated carbocycles. The maximum Gasteiger partial charge on any atom is 0.197 e. The van der Waals surface area contributed by atoms with E-state index in [1.165, 1.54) is 36.7 Å². The van der Waals surface area contributed by atoms with Crippen molar-refractivity contribution in [2.75, 3.05) is 19.0 Å². The molecule has 0 N–H and O–H groups in total. The number of aromatic nitrogens is 2. The number of sulfone groups is 2. The minimum Gasteiger partial charge on any atom is -0.490 e. The van der Waals surface area contributed by atoms with E-state index >= 15 is 4.39 Å². The quantitative estimate of drug-likeness (QED) is 0.440. The number of nitrogens with zero attached hydrogens (tertiary/aromatic N) is 2. The normalized spacial score (nSPS) is 23.5. The molecule has 2 aliphatic rings. The first-order valence-electron chi connectivity index (χ1n) is 11.3. The zero-order chi connectivity index (χ0) is 26.4. The zero-order valence-electron chi connectivity index (χ0n) is 19.2. The standard InChI is InChI=1S/C24H21ClF2N2O6S2/c25-15-1-3-16(4-2-15)37(32,33)24-8-11-34-20(7-12-36(30,31)21-13-28-9-10-29-21)17(24)14-35-23-19(27)6-5-18(26)22(23)24/h1-6,9-10,13,17,20H,7-8,11-12,14H2/t17?,20-,24?/m0/s1. The Kier molecular flexibility index (Phi) is 6.71. The van der Waals surface area contributed by atoms with E-state index in [1.54, 1.807) is 0 Å². The van der Waals surface area contributed by atoms with Gasteiger partial charge >= 0.3 is 0 Å². The van der Waals surface area contributed by atoms with Crippen molar-refractivity contribution in [1.82, 2.24) is 9.97 Å². The van der Waals surface area contributed by atoms with Gasteiger partial charge in [0.25, 0.3) is 0 Å². The molecule has 0 amide bonds. The fourth-order valence-corrected chi connectivity index (χ4v) is 8.82. The molecular formula is C24H21ClF2N2O6S2. The summed E-state index contributed by atoms with van der Waals surface area (Å²) in [6, 6.07) is 7.14. The van der Waals surface area contributed by atoms with Gasteiger partial charge in [-0.25, -0.2) is 30.6 Å². The second-order valence-electron chi connectivity index (χ2n) is 8.81. The highest BCUT2D eigenvalue weighted by molar-refractivity contribution is 7.92. The number of rotatable bonds is 6. The molecule has 0 spiro atoms. The summed E-state index contributed by atoms with van der Waals surface area (Å²) in [5, 5.41) is 0.0703. The lowest BCUT2D eigenvalue weighted by atomic mass is 9.75. The van der Waals surface area contributed by atoms with Crippen LogP contribution in [-0.4, -0.2) is 51.9 Å². The van der Waals surface area contributed by atoms with Gasteiger partial charge in [0.15, 0.2) is 36.3 Å². The Hall–Kier alpha value is -2.67. The maximum atomic E-state index is 15.4. The summed E-state index contributed by atoms with van der Waals surface area (Å²) in [4.78, 5) is 7.48. The summed E-state index contributed by atoms with van der Waals surface area (Å²) in [6.07, 6.45) is 2.42. The van der Waals surface area contributed by atoms with Crippen molar-refractivity contribution in [1.29, 1.82) is 0 Å². The van der Waals surface area contributed by atoms with E-state index in [4.69, 9.17) is 21.1 Å². The third-order valence-corrected chi connectivity index (χ3v) is 11.3. The molecule has 1 saturated heterocycles. The van der Waals surface area contributed by atoms with Crippen LogP contribution in [-0.2, 0) is 29.2 Å². The van der Waals surface area contributed by atoms with Crippen molar-refractivity contribution >= 4 is 31.3 Å². The van der Waals surface area contributed by atoms with E-state index in [0.717, 1.165) is 18.3 Å². The van der Waals surface area contributed by atoms with Gasteiger partial charge in [-0.3, -0.25) is 4.98 Å². The molecule has 0 radical (unpaired) electrons. The van der Waals surface area contributed by atoms with Crippen LogP contribution in [0.5, 0.6) is 5.75 Å². The molecule has 13 heteroatoms. The number of ether oxygens (including phenoxy) is 2. The van der Waals surface area contributed by atoms with Gasteiger partial charge in [0.1, 0.15) is 10.6 Å². The van der Waals surface area contributed by atoms with Crippen LogP contribution in [0.25, 0.3) is 0 Å². The van der Waals surface area contributed by atoms with Crippen LogP contribution in [0.3, 0.4) is 0 Å². The average Bonchev–Trinajstić information content (AvgIpc) is 2.89. The highest BCUT2D eigenvalue weighted by Gasteiger charge is 2.61. The molecular weight excluding hydrogens is 550 g/mol. The van der Waals surface area contributed by atoms with E-state index in [9.17, 15) is 21.2 Å². The van der Waals surface area contributed by atoms with E-state index in [2.05, 4.69) is 9.97 Å². The Bertz CT molecular complexity index is 1540. The Morgan fingerprint density at radius 3 is 2.46 bits per heavy atom. The summed E-state index contributed by atoms with van der Waals surface area (Å²) in [7, 11) is -8.27. The second-order valence-corrected chi connectivity index (χ2v) is 13.5. The van der Waals surface area contributed by atoms with Gasteiger partial charge in [0, 0.05) is 29.9 Å². The number of halogens is 3. The molecule has 2 unspecified atom stereocenters. The van der Waals surface area contributed by atoms with Gasteiger partial charge in [0.05, 0.1) is 35.1 Å². The van der Waals surface area contributed by atoms with E-state index < -0.39 is 65.1 Å². The van der Waals surface area contributed by atoms with Crippen molar-refractivity contribution in [2.45, 2.75) is 33.6 Å². The molecule has 3 atom stereocenters. The van der Waals surface area contributed by atoms with E-state index in [1.807, 2.05) is 0 Å². The Morgan fingerprint density at radius 1 is 1.03 bits per heavy atom. The Labute approximate surface area is 217 Å². The molecule has 2 aromatic carbocycles. The molecule has 8 nitrogen and oxygen atoms in total. The van der Waals surface area contributed by atoms with Crippen LogP contribution < -0.4 is 4.74 Å². The first-order valence-corrected chi connectivity index (χ1v) is 14.8. The van der Waals surface area contributed by atoms with Gasteiger partial charge < -0.3 is 9.47 Å². The minimum absolute atomic E-state index is 0.128. The number of hydrogen-bond acceptors (Lipinski definition) is 8. The molecule has 5 rings (SSSR count). The fraction of sp³-hybridized carbons (Fsp3) is 0.333. The van der Waals surface area contributed by atoms with Crippen molar-refractivity contribution in [3.8, 4) is 5.75 Å². The van der Waals surface area contributed by atoms with Crippen molar-refractivity contribution in [2.24, 2.45) is 5.92 Å². The van der Waals surface area contributed by atoms with Crippen LogP contribution in [0.2, 0.25) is 5.02 Å². The van der Waals surface area contributed by atoms with Gasteiger partial charge in [-0.2, -0.15) is 0 Å². The first kappa shape index (κ1) is 26.0. The Balaban J connectivity index is 1.62. The summed E-state index contributed by atoms with van der Waals surface area (Å²) in [5.74, 6) is -3.77. The van der Waals surface area contributed by atoms with Crippen LogP contribution in [0.15, 0.2) is 64.9 Å². The highest BCUT2D eigenvalue weighted by Crippen LogP contribution is 2.56. The van der Waals surface area contributed by atoms with Gasteiger partial charge in [0.2, 0.25) is 0 Å². The third-order valence-electron chi connectivity index (χ3n) is 6.88. The van der Waals surface area contributed by atoms with Gasteiger partial charge in [-0.15, -0.1) is 0 Å². The summed E-state index contributed by atoms with van der Waals surface area (Å²) >= 11 is 5.96. The summed E-state index contributed by atoms with van der Waals surface area (Å²) in [5.41, 5.74) is -0.413. The van der Waals surface area contributed by atoms with Crippen molar-refractivity contribution in [3.63, 3.8) is 0 Å². The third kappa shape index (κ3) is 4.29. The number of benzene rings is 2. The highest BCUT2D eigenvalue weighted by atomic mass is 35.5. The molecule has 1 aromatic heterocycles. The molecule has 37 heavy (non-hydrogen) atoms. The molecule has 0 bridgehead atoms. The fourth-order valence-electron chi connectivity index (χ4n) is 5.16. The summed E-state index contributed by atoms with van der Waals surface area (Å²) in [6.45, 7) is -0.454. The first-order chi connectivity index (χ1) is 17.6. The molecule has 1 fully saturated rings. The van der Waals surface area contributed by atoms with Crippen molar-refractivity contribution < 1.29 is 35.1 Å². The van der Waals surface area contributed by atoms with Crippen LogP contribution in [0, 0.1) is 17.6 Å². The van der Waals surface area contributed by atoms with Gasteiger partial charge in [-0.05, 0) is 49.2 Å². The summed E-state index contributed by atoms with van der Waals surface area (Å²) < 4.78 is 93.9. The zero-order valence-corrected chi connectivity index (χ0v) is 21.6. The second kappa shape index (κ2) is 9.57. The van der Waals surface area contributed by atoms with E-state index in [-0.39, 0.29) is 36.0 Å². The topological polar surface area (TPSA) is 113 Å². The predicted molar refractivity (Wildman–Crippen MR) is 129 cm³/mol. The largest absolute Gasteiger partial charge is 0.490 e. The Morgan fingerprint density at radius 2 is 1.76 bits per heavy atom. The lowest BCUT2D eigenvalue weighted by Gasteiger charge is -2.50. The predicted octanol–water partition coefficient (Wildman–Crippen LogP) is 3.74. The maximum absolute atomic E-state index is 15.4. The number of fused-ring (bicyclic) bond motifs is 3.